The minimum atomic E-state index is -1.50. The minimum absolute atomic E-state index is 0.243. The molecule has 1 aromatic rings. The summed E-state index contributed by atoms with van der Waals surface area (Å²) in [6.45, 7) is 1.54. The molecule has 0 aromatic heterocycles. The summed E-state index contributed by atoms with van der Waals surface area (Å²) in [6, 6.07) is 6.84. The van der Waals surface area contributed by atoms with E-state index in [1.807, 2.05) is 0 Å². The number of benzene rings is 1. The molecule has 1 rings (SSSR count). The number of rotatable bonds is 5. The number of carbonyl (C=O) groups excluding carboxylic acids is 2. The Bertz CT molecular complexity index is 467. The van der Waals surface area contributed by atoms with Crippen molar-refractivity contribution in [2.45, 2.75) is 13.3 Å². The van der Waals surface area contributed by atoms with Crippen molar-refractivity contribution in [2.75, 3.05) is 0 Å². The Morgan fingerprint density at radius 3 is 2.41 bits per heavy atom. The van der Waals surface area contributed by atoms with Gasteiger partial charge in [-0.25, -0.2) is 4.79 Å². The molecule has 4 nitrogen and oxygen atoms in total. The maximum atomic E-state index is 11.9. The lowest BCUT2D eigenvalue weighted by molar-refractivity contribution is -0.149. The Morgan fingerprint density at radius 2 is 1.88 bits per heavy atom. The maximum absolute atomic E-state index is 11.9. The second-order valence-electron chi connectivity index (χ2n) is 3.68. The van der Waals surface area contributed by atoms with E-state index in [0.29, 0.717) is 10.0 Å². The Hall–Kier alpha value is -1.49. The zero-order chi connectivity index (χ0) is 13.0. The number of halogens is 1. The molecule has 0 saturated carbocycles. The van der Waals surface area contributed by atoms with Gasteiger partial charge in [0.1, 0.15) is 0 Å². The summed E-state index contributed by atoms with van der Waals surface area (Å²) in [7, 11) is 0. The molecular formula is C12H11BrO4. The molecule has 0 spiro atoms. The number of hydrogen-bond acceptors (Lipinski definition) is 3. The number of hydrogen-bond donors (Lipinski definition) is 1. The van der Waals surface area contributed by atoms with Gasteiger partial charge in [-0.05, 0) is 6.07 Å². The highest BCUT2D eigenvalue weighted by atomic mass is 79.9. The molecule has 1 N–H and O–H groups in total. The highest BCUT2D eigenvalue weighted by Crippen LogP contribution is 2.21. The normalized spacial score (nSPS) is 11.9. The van der Waals surface area contributed by atoms with Crippen LogP contribution >= 0.6 is 15.9 Å². The molecule has 0 amide bonds. The van der Waals surface area contributed by atoms with Gasteiger partial charge in [0, 0.05) is 22.4 Å². The van der Waals surface area contributed by atoms with Gasteiger partial charge in [-0.15, -0.1) is 0 Å². The quantitative estimate of drug-likeness (QED) is 0.669. The molecule has 90 valence electrons. The number of carbonyl (C=O) groups is 3. The standard InChI is InChI=1S/C12H11BrO4/c1-7(6-10(14)12(16)17)11(15)8-4-2-3-5-9(8)13/h2-5,7H,6H2,1H3,(H,16,17). The van der Waals surface area contributed by atoms with Crippen LogP contribution in [0.15, 0.2) is 28.7 Å². The Labute approximate surface area is 107 Å². The topological polar surface area (TPSA) is 71.4 Å². The molecule has 0 heterocycles. The highest BCUT2D eigenvalue weighted by Gasteiger charge is 2.23. The first-order valence-electron chi connectivity index (χ1n) is 4.98. The van der Waals surface area contributed by atoms with Crippen LogP contribution in [0.5, 0.6) is 0 Å². The van der Waals surface area contributed by atoms with E-state index in [0.717, 1.165) is 0 Å². The van der Waals surface area contributed by atoms with Gasteiger partial charge in [-0.1, -0.05) is 41.1 Å². The van der Waals surface area contributed by atoms with Gasteiger partial charge in [0.25, 0.3) is 0 Å². The van der Waals surface area contributed by atoms with Crippen molar-refractivity contribution in [2.24, 2.45) is 5.92 Å². The van der Waals surface area contributed by atoms with E-state index >= 15 is 0 Å². The number of Topliss-reactive ketones (excluding diaryl/α,β-unsaturated/α-hetero) is 2. The number of carboxylic acid groups (broad SMARTS) is 1. The largest absolute Gasteiger partial charge is 0.476 e. The van der Waals surface area contributed by atoms with Crippen LogP contribution in [0.2, 0.25) is 0 Å². The fourth-order valence-corrected chi connectivity index (χ4v) is 1.86. The lowest BCUT2D eigenvalue weighted by atomic mass is 9.94. The van der Waals surface area contributed by atoms with Gasteiger partial charge in [0.2, 0.25) is 5.78 Å². The Morgan fingerprint density at radius 1 is 1.29 bits per heavy atom. The molecule has 1 atom stereocenters. The second kappa shape index (κ2) is 5.72. The van der Waals surface area contributed by atoms with E-state index in [-0.39, 0.29) is 12.2 Å². The third kappa shape index (κ3) is 3.49. The number of aliphatic carboxylic acids is 1. The van der Waals surface area contributed by atoms with Crippen molar-refractivity contribution in [3.05, 3.63) is 34.3 Å². The van der Waals surface area contributed by atoms with Crippen molar-refractivity contribution in [1.29, 1.82) is 0 Å². The van der Waals surface area contributed by atoms with Crippen LogP contribution < -0.4 is 0 Å². The molecule has 5 heteroatoms. The van der Waals surface area contributed by atoms with E-state index in [4.69, 9.17) is 5.11 Å². The van der Waals surface area contributed by atoms with E-state index < -0.39 is 17.7 Å². The van der Waals surface area contributed by atoms with Gasteiger partial charge in [-0.2, -0.15) is 0 Å². The third-order valence-corrected chi connectivity index (χ3v) is 3.01. The predicted octanol–water partition coefficient (Wildman–Crippen LogP) is 2.31. The van der Waals surface area contributed by atoms with Crippen molar-refractivity contribution in [1.82, 2.24) is 0 Å². The molecular weight excluding hydrogens is 288 g/mol. The maximum Gasteiger partial charge on any atom is 0.372 e. The van der Waals surface area contributed by atoms with Crippen molar-refractivity contribution < 1.29 is 19.5 Å². The van der Waals surface area contributed by atoms with Crippen LogP contribution in [0.25, 0.3) is 0 Å². The Balaban J connectivity index is 2.81. The second-order valence-corrected chi connectivity index (χ2v) is 4.53. The van der Waals surface area contributed by atoms with Gasteiger partial charge >= 0.3 is 5.97 Å². The van der Waals surface area contributed by atoms with Gasteiger partial charge in [0.15, 0.2) is 5.78 Å². The van der Waals surface area contributed by atoms with Crippen LogP contribution in [0, 0.1) is 5.92 Å². The zero-order valence-corrected chi connectivity index (χ0v) is 10.7. The molecule has 17 heavy (non-hydrogen) atoms. The van der Waals surface area contributed by atoms with Crippen LogP contribution in [0.4, 0.5) is 0 Å². The van der Waals surface area contributed by atoms with Crippen LogP contribution in [0.1, 0.15) is 23.7 Å². The fraction of sp³-hybridized carbons (Fsp3) is 0.250. The molecule has 0 bridgehead atoms. The first-order chi connectivity index (χ1) is 7.93. The van der Waals surface area contributed by atoms with Crippen molar-refractivity contribution >= 4 is 33.5 Å². The first-order valence-corrected chi connectivity index (χ1v) is 5.77. The third-order valence-electron chi connectivity index (χ3n) is 2.32. The molecule has 0 aliphatic heterocycles. The fourth-order valence-electron chi connectivity index (χ4n) is 1.38. The molecule has 1 aromatic carbocycles. The van der Waals surface area contributed by atoms with E-state index in [9.17, 15) is 14.4 Å². The van der Waals surface area contributed by atoms with Crippen molar-refractivity contribution in [3.63, 3.8) is 0 Å². The summed E-state index contributed by atoms with van der Waals surface area (Å²) < 4.78 is 0.639. The van der Waals surface area contributed by atoms with Crippen LogP contribution in [-0.2, 0) is 9.59 Å². The first kappa shape index (κ1) is 13.6. The van der Waals surface area contributed by atoms with E-state index in [1.165, 1.54) is 0 Å². The van der Waals surface area contributed by atoms with Gasteiger partial charge < -0.3 is 5.11 Å². The number of ketones is 2. The lowest BCUT2D eigenvalue weighted by Gasteiger charge is -2.09. The molecule has 0 radical (unpaired) electrons. The van der Waals surface area contributed by atoms with E-state index in [2.05, 4.69) is 15.9 Å². The van der Waals surface area contributed by atoms with E-state index in [1.54, 1.807) is 31.2 Å². The monoisotopic (exact) mass is 298 g/mol. The van der Waals surface area contributed by atoms with Gasteiger partial charge in [-0.3, -0.25) is 9.59 Å². The van der Waals surface area contributed by atoms with Crippen molar-refractivity contribution in [3.8, 4) is 0 Å². The van der Waals surface area contributed by atoms with Gasteiger partial charge in [0.05, 0.1) is 0 Å². The predicted molar refractivity (Wildman–Crippen MR) is 64.9 cm³/mol. The summed E-state index contributed by atoms with van der Waals surface area (Å²) in [5.41, 5.74) is 0.457. The molecule has 0 aliphatic carbocycles. The average Bonchev–Trinajstić information content (AvgIpc) is 2.28. The molecule has 1 unspecified atom stereocenters. The summed E-state index contributed by atoms with van der Waals surface area (Å²) in [4.78, 5) is 33.3. The van der Waals surface area contributed by atoms with Crippen LogP contribution in [0.3, 0.4) is 0 Å². The molecule has 0 aliphatic rings. The SMILES string of the molecule is CC(CC(=O)C(=O)O)C(=O)c1ccccc1Br. The smallest absolute Gasteiger partial charge is 0.372 e. The molecule has 0 saturated heterocycles. The summed E-state index contributed by atoms with van der Waals surface area (Å²) in [5.74, 6) is -3.33. The average molecular weight is 299 g/mol. The van der Waals surface area contributed by atoms with Crippen LogP contribution in [-0.4, -0.2) is 22.6 Å². The number of carboxylic acids is 1. The lowest BCUT2D eigenvalue weighted by Crippen LogP contribution is -2.21. The summed E-state index contributed by atoms with van der Waals surface area (Å²) in [6.07, 6.45) is -0.282. The zero-order valence-electron chi connectivity index (χ0n) is 9.14. The summed E-state index contributed by atoms with van der Waals surface area (Å²) in [5, 5.41) is 8.47. The molecule has 0 fully saturated rings. The Kier molecular flexibility index (Phi) is 4.57. The summed E-state index contributed by atoms with van der Waals surface area (Å²) >= 11 is 3.24. The minimum Gasteiger partial charge on any atom is -0.476 e. The highest BCUT2D eigenvalue weighted by molar-refractivity contribution is 9.10.